The maximum atomic E-state index is 5.75. The van der Waals surface area contributed by atoms with Crippen molar-refractivity contribution in [1.82, 2.24) is 0 Å². The van der Waals surface area contributed by atoms with Crippen LogP contribution >= 0.6 is 57.2 Å². The van der Waals surface area contributed by atoms with Crippen LogP contribution < -0.4 is 0 Å². The molecule has 0 spiro atoms. The first-order chi connectivity index (χ1) is 4.22. The van der Waals surface area contributed by atoms with Crippen molar-refractivity contribution in [2.75, 3.05) is 0 Å². The Morgan fingerprint density at radius 1 is 1.09 bits per heavy atom. The van der Waals surface area contributed by atoms with Crippen LogP contribution in [0.3, 0.4) is 0 Å². The van der Waals surface area contributed by atoms with E-state index in [0.29, 0.717) is 10.0 Å². The normalized spacial score (nSPS) is 7.91. The molecule has 0 amide bonds. The van der Waals surface area contributed by atoms with Crippen molar-refractivity contribution in [1.29, 1.82) is 0 Å². The van der Waals surface area contributed by atoms with Crippen molar-refractivity contribution in [2.45, 2.75) is 6.92 Å². The molecular formula is C7H8Br2Cl2. The Morgan fingerprint density at radius 2 is 1.64 bits per heavy atom. The number of hydrogen-bond acceptors (Lipinski definition) is 0. The summed E-state index contributed by atoms with van der Waals surface area (Å²) in [5.41, 5.74) is 1.02. The molecule has 0 aliphatic heterocycles. The van der Waals surface area contributed by atoms with E-state index in [1.165, 1.54) is 0 Å². The van der Waals surface area contributed by atoms with E-state index in [2.05, 4.69) is 0 Å². The molecule has 11 heavy (non-hydrogen) atoms. The van der Waals surface area contributed by atoms with Gasteiger partial charge in [0, 0.05) is 0 Å². The van der Waals surface area contributed by atoms with Crippen molar-refractivity contribution >= 4 is 57.2 Å². The first-order valence-corrected chi connectivity index (χ1v) is 3.38. The van der Waals surface area contributed by atoms with Crippen molar-refractivity contribution in [2.24, 2.45) is 0 Å². The third kappa shape index (κ3) is 3.79. The van der Waals surface area contributed by atoms with E-state index in [-0.39, 0.29) is 34.0 Å². The topological polar surface area (TPSA) is 0 Å². The third-order valence-electron chi connectivity index (χ3n) is 1.14. The van der Waals surface area contributed by atoms with E-state index >= 15 is 0 Å². The lowest BCUT2D eigenvalue weighted by molar-refractivity contribution is 1.47. The summed E-state index contributed by atoms with van der Waals surface area (Å²) < 4.78 is 0. The summed E-state index contributed by atoms with van der Waals surface area (Å²) >= 11 is 11.4. The van der Waals surface area contributed by atoms with Crippen LogP contribution in [0.2, 0.25) is 10.0 Å². The lowest BCUT2D eigenvalue weighted by atomic mass is 10.2. The molecule has 0 atom stereocenters. The maximum Gasteiger partial charge on any atom is 0.0621 e. The van der Waals surface area contributed by atoms with Crippen LogP contribution in [0.1, 0.15) is 5.56 Å². The van der Waals surface area contributed by atoms with Crippen LogP contribution in [0.5, 0.6) is 0 Å². The molecule has 0 aromatic heterocycles. The molecule has 0 fully saturated rings. The van der Waals surface area contributed by atoms with Crippen molar-refractivity contribution in [3.8, 4) is 0 Å². The summed E-state index contributed by atoms with van der Waals surface area (Å²) in [6, 6.07) is 5.58. The van der Waals surface area contributed by atoms with E-state index < -0.39 is 0 Å². The predicted molar refractivity (Wildman–Crippen MR) is 61.8 cm³/mol. The van der Waals surface area contributed by atoms with E-state index in [9.17, 15) is 0 Å². The fourth-order valence-electron chi connectivity index (χ4n) is 0.612. The minimum Gasteiger partial charge on any atom is -0.114 e. The zero-order valence-corrected chi connectivity index (χ0v) is 10.7. The number of benzene rings is 1. The van der Waals surface area contributed by atoms with Crippen LogP contribution in [0, 0.1) is 6.92 Å². The summed E-state index contributed by atoms with van der Waals surface area (Å²) in [5, 5.41) is 1.27. The average molecular weight is 323 g/mol. The first-order valence-electron chi connectivity index (χ1n) is 2.62. The Labute approximate surface area is 97.4 Å². The zero-order valence-electron chi connectivity index (χ0n) is 5.80. The molecule has 1 aromatic rings. The summed E-state index contributed by atoms with van der Waals surface area (Å²) in [6.45, 7) is 1.92. The van der Waals surface area contributed by atoms with Gasteiger partial charge in [-0.3, -0.25) is 0 Å². The zero-order chi connectivity index (χ0) is 6.85. The van der Waals surface area contributed by atoms with Crippen LogP contribution in [-0.4, -0.2) is 0 Å². The van der Waals surface area contributed by atoms with E-state index in [1.54, 1.807) is 6.07 Å². The van der Waals surface area contributed by atoms with Gasteiger partial charge >= 0.3 is 0 Å². The van der Waals surface area contributed by atoms with Gasteiger partial charge in [-0.05, 0) is 18.6 Å². The summed E-state index contributed by atoms with van der Waals surface area (Å²) in [6.07, 6.45) is 0. The largest absolute Gasteiger partial charge is 0.114 e. The van der Waals surface area contributed by atoms with Gasteiger partial charge in [0.1, 0.15) is 0 Å². The van der Waals surface area contributed by atoms with E-state index in [4.69, 9.17) is 23.2 Å². The van der Waals surface area contributed by atoms with Gasteiger partial charge in [-0.1, -0.05) is 35.3 Å². The Hall–Kier alpha value is 0.760. The molecule has 0 saturated heterocycles. The second-order valence-electron chi connectivity index (χ2n) is 1.87. The fraction of sp³-hybridized carbons (Fsp3) is 0.143. The van der Waals surface area contributed by atoms with Gasteiger partial charge in [0.25, 0.3) is 0 Å². The molecule has 0 unspecified atom stereocenters. The summed E-state index contributed by atoms with van der Waals surface area (Å²) in [5.74, 6) is 0. The average Bonchev–Trinajstić information content (AvgIpc) is 1.83. The van der Waals surface area contributed by atoms with E-state index in [1.807, 2.05) is 19.1 Å². The number of rotatable bonds is 0. The Balaban J connectivity index is 0. The molecule has 1 aromatic carbocycles. The van der Waals surface area contributed by atoms with Gasteiger partial charge in [-0.25, -0.2) is 0 Å². The highest BCUT2D eigenvalue weighted by Crippen LogP contribution is 2.24. The van der Waals surface area contributed by atoms with Gasteiger partial charge in [0.05, 0.1) is 10.0 Å². The van der Waals surface area contributed by atoms with Gasteiger partial charge in [-0.15, -0.1) is 34.0 Å². The monoisotopic (exact) mass is 320 g/mol. The molecule has 0 saturated carbocycles. The maximum absolute atomic E-state index is 5.75. The molecule has 64 valence electrons. The second-order valence-corrected chi connectivity index (χ2v) is 2.66. The molecule has 0 N–H and O–H groups in total. The molecule has 0 radical (unpaired) electrons. The standard InChI is InChI=1S/C7H6Cl2.2BrH/c1-5-3-2-4-6(8)7(5)9;;/h2-4H,1H3;2*1H. The van der Waals surface area contributed by atoms with Gasteiger partial charge in [0.2, 0.25) is 0 Å². The molecule has 4 heteroatoms. The number of hydrogen-bond donors (Lipinski definition) is 0. The quantitative estimate of drug-likeness (QED) is 0.661. The van der Waals surface area contributed by atoms with Crippen LogP contribution in [-0.2, 0) is 0 Å². The van der Waals surface area contributed by atoms with Crippen LogP contribution in [0.15, 0.2) is 18.2 Å². The lowest BCUT2D eigenvalue weighted by Crippen LogP contribution is -1.73. The van der Waals surface area contributed by atoms with E-state index in [0.717, 1.165) is 5.56 Å². The van der Waals surface area contributed by atoms with Gasteiger partial charge in [-0.2, -0.15) is 0 Å². The third-order valence-corrected chi connectivity index (χ3v) is 2.06. The Kier molecular flexibility index (Phi) is 8.18. The highest BCUT2D eigenvalue weighted by molar-refractivity contribution is 8.93. The molecule has 0 aliphatic rings. The number of halogens is 4. The number of aryl methyl sites for hydroxylation is 1. The SMILES string of the molecule is Br.Br.Cc1cccc(Cl)c1Cl. The Morgan fingerprint density at radius 3 is 2.00 bits per heavy atom. The fourth-order valence-corrected chi connectivity index (χ4v) is 0.959. The van der Waals surface area contributed by atoms with Gasteiger partial charge in [0.15, 0.2) is 0 Å². The Bertz CT molecular complexity index is 205. The molecular weight excluding hydrogens is 315 g/mol. The second kappa shape index (κ2) is 6.30. The highest BCUT2D eigenvalue weighted by atomic mass is 79.9. The van der Waals surface area contributed by atoms with Gasteiger partial charge < -0.3 is 0 Å². The lowest BCUT2D eigenvalue weighted by Gasteiger charge is -1.96. The van der Waals surface area contributed by atoms with Crippen molar-refractivity contribution in [3.05, 3.63) is 33.8 Å². The smallest absolute Gasteiger partial charge is 0.0621 e. The first kappa shape index (κ1) is 14.3. The van der Waals surface area contributed by atoms with Crippen LogP contribution in [0.25, 0.3) is 0 Å². The molecule has 0 aliphatic carbocycles. The van der Waals surface area contributed by atoms with Crippen LogP contribution in [0.4, 0.5) is 0 Å². The molecule has 0 heterocycles. The highest BCUT2D eigenvalue weighted by Gasteiger charge is 1.96. The minimum absolute atomic E-state index is 0. The van der Waals surface area contributed by atoms with Crippen molar-refractivity contribution < 1.29 is 0 Å². The molecule has 0 bridgehead atoms. The minimum atomic E-state index is 0. The van der Waals surface area contributed by atoms with Crippen molar-refractivity contribution in [3.63, 3.8) is 0 Å². The summed E-state index contributed by atoms with van der Waals surface area (Å²) in [4.78, 5) is 0. The molecule has 1 rings (SSSR count). The molecule has 0 nitrogen and oxygen atoms in total. The summed E-state index contributed by atoms with van der Waals surface area (Å²) in [7, 11) is 0. The predicted octanol–water partition coefficient (Wildman–Crippen LogP) is 4.46.